The van der Waals surface area contributed by atoms with Gasteiger partial charge in [-0.3, -0.25) is 9.78 Å². The average Bonchev–Trinajstić information content (AvgIpc) is 3.17. The van der Waals surface area contributed by atoms with Crippen molar-refractivity contribution in [2.24, 2.45) is 0 Å². The third-order valence-corrected chi connectivity index (χ3v) is 4.59. The molecule has 3 aromatic heterocycles. The lowest BCUT2D eigenvalue weighted by Gasteiger charge is -2.12. The van der Waals surface area contributed by atoms with Gasteiger partial charge in [-0.25, -0.2) is 8.91 Å². The van der Waals surface area contributed by atoms with Crippen molar-refractivity contribution in [3.63, 3.8) is 0 Å². The van der Waals surface area contributed by atoms with Crippen LogP contribution >= 0.6 is 0 Å². The minimum Gasteiger partial charge on any atom is -0.406 e. The van der Waals surface area contributed by atoms with Crippen LogP contribution in [0.2, 0.25) is 0 Å². The van der Waals surface area contributed by atoms with E-state index in [2.05, 4.69) is 25.1 Å². The Morgan fingerprint density at radius 2 is 2.06 bits per heavy atom. The van der Waals surface area contributed by atoms with Crippen molar-refractivity contribution in [1.82, 2.24) is 24.9 Å². The lowest BCUT2D eigenvalue weighted by molar-refractivity contribution is -0.274. The first-order chi connectivity index (χ1) is 16.1. The number of alkyl halides is 3. The van der Waals surface area contributed by atoms with E-state index >= 15 is 0 Å². The zero-order chi connectivity index (χ0) is 24.5. The number of nitrogens with one attached hydrogen (secondary N) is 1. The molecule has 0 aliphatic heterocycles. The number of hydrogen-bond donors (Lipinski definition) is 2. The molecule has 33 heavy (non-hydrogen) atoms. The lowest BCUT2D eigenvalue weighted by Crippen LogP contribution is -2.24. The fraction of sp³-hybridized carbons (Fsp3) is 0.143. The fourth-order valence-electron chi connectivity index (χ4n) is 3.08. The van der Waals surface area contributed by atoms with Gasteiger partial charge in [0.1, 0.15) is 11.6 Å². The molecule has 4 aromatic rings. The number of fused-ring (bicyclic) bond motifs is 1. The Morgan fingerprint density at radius 3 is 2.82 bits per heavy atom. The number of pyridine rings is 2. The van der Waals surface area contributed by atoms with Crippen molar-refractivity contribution >= 4 is 17.5 Å². The summed E-state index contributed by atoms with van der Waals surface area (Å²) in [6.45, 7) is -0.710. The molecule has 8 nitrogen and oxygen atoms in total. The van der Waals surface area contributed by atoms with Gasteiger partial charge in [0.15, 0.2) is 5.65 Å². The highest BCUT2D eigenvalue weighted by Gasteiger charge is 2.31. The molecule has 170 valence electrons. The molecule has 1 amide bonds. The standard InChI is InChI=1S/C21H16F4N6O2/c1-11-16(7-13(9-27-11)12-4-5-31-18(8-12)29-20(26)30-31)19(32)28-10-14-6-15(2-3-17(14)22)33-21(23,24)25/h2-9H,10H2,1H3,(H2,26,30)(H,28,32)/i1D. The summed E-state index contributed by atoms with van der Waals surface area (Å²) in [7, 11) is 0. The van der Waals surface area contributed by atoms with Crippen molar-refractivity contribution in [3.8, 4) is 16.9 Å². The van der Waals surface area contributed by atoms with Crippen molar-refractivity contribution in [2.45, 2.75) is 19.8 Å². The first kappa shape index (κ1) is 20.7. The number of carbonyl (C=O) groups is 1. The Bertz CT molecular complexity index is 1380. The number of rotatable bonds is 5. The fourth-order valence-corrected chi connectivity index (χ4v) is 3.08. The van der Waals surface area contributed by atoms with E-state index in [-0.39, 0.29) is 29.7 Å². The number of nitrogen functional groups attached to an aromatic ring is 1. The highest BCUT2D eigenvalue weighted by Crippen LogP contribution is 2.25. The Kier molecular flexibility index (Phi) is 5.24. The van der Waals surface area contributed by atoms with Gasteiger partial charge >= 0.3 is 6.36 Å². The van der Waals surface area contributed by atoms with E-state index < -0.39 is 30.4 Å². The van der Waals surface area contributed by atoms with Crippen LogP contribution in [0.3, 0.4) is 0 Å². The molecule has 0 saturated heterocycles. The van der Waals surface area contributed by atoms with E-state index in [4.69, 9.17) is 7.10 Å². The monoisotopic (exact) mass is 461 g/mol. The summed E-state index contributed by atoms with van der Waals surface area (Å²) in [5, 5.41) is 6.43. The predicted octanol–water partition coefficient (Wildman–Crippen LogP) is 3.65. The molecule has 0 fully saturated rings. The Hall–Kier alpha value is -4.22. The third kappa shape index (κ3) is 5.00. The van der Waals surface area contributed by atoms with Crippen molar-refractivity contribution in [3.05, 3.63) is 71.4 Å². The van der Waals surface area contributed by atoms with E-state index in [0.29, 0.717) is 16.8 Å². The number of aromatic nitrogens is 4. The predicted molar refractivity (Wildman–Crippen MR) is 110 cm³/mol. The van der Waals surface area contributed by atoms with Crippen LogP contribution in [0.4, 0.5) is 23.5 Å². The van der Waals surface area contributed by atoms with Gasteiger partial charge < -0.3 is 15.8 Å². The lowest BCUT2D eigenvalue weighted by atomic mass is 10.0. The van der Waals surface area contributed by atoms with Crippen LogP contribution in [0.15, 0.2) is 48.8 Å². The second-order valence-electron chi connectivity index (χ2n) is 6.89. The van der Waals surface area contributed by atoms with Gasteiger partial charge in [-0.2, -0.15) is 4.98 Å². The van der Waals surface area contributed by atoms with E-state index in [9.17, 15) is 22.4 Å². The summed E-state index contributed by atoms with van der Waals surface area (Å²) in [6, 6.07) is 7.40. The van der Waals surface area contributed by atoms with Crippen LogP contribution in [-0.4, -0.2) is 31.9 Å². The van der Waals surface area contributed by atoms with Gasteiger partial charge in [0.05, 0.1) is 11.3 Å². The van der Waals surface area contributed by atoms with E-state index in [1.165, 1.54) is 16.8 Å². The summed E-state index contributed by atoms with van der Waals surface area (Å²) < 4.78 is 64.3. The zero-order valence-electron chi connectivity index (χ0n) is 17.7. The molecule has 0 aliphatic carbocycles. The number of carbonyl (C=O) groups excluding carboxylic acids is 1. The van der Waals surface area contributed by atoms with Crippen molar-refractivity contribution < 1.29 is 28.5 Å². The molecule has 0 aliphatic rings. The van der Waals surface area contributed by atoms with Crippen LogP contribution in [0.5, 0.6) is 5.75 Å². The average molecular weight is 461 g/mol. The molecule has 0 radical (unpaired) electrons. The first-order valence-electron chi connectivity index (χ1n) is 10.1. The molecular weight excluding hydrogens is 444 g/mol. The Morgan fingerprint density at radius 1 is 1.24 bits per heavy atom. The molecule has 12 heteroatoms. The van der Waals surface area contributed by atoms with Crippen LogP contribution in [-0.2, 0) is 6.54 Å². The largest absolute Gasteiger partial charge is 0.573 e. The normalized spacial score (nSPS) is 11.9. The van der Waals surface area contributed by atoms with Gasteiger partial charge in [0.2, 0.25) is 5.95 Å². The number of hydrogen-bond acceptors (Lipinski definition) is 6. The first-order valence-corrected chi connectivity index (χ1v) is 9.36. The second-order valence-corrected chi connectivity index (χ2v) is 6.89. The summed E-state index contributed by atoms with van der Waals surface area (Å²) in [4.78, 5) is 21.1. The Balaban J connectivity index is 1.57. The molecule has 3 heterocycles. The highest BCUT2D eigenvalue weighted by atomic mass is 19.4. The maximum absolute atomic E-state index is 14.1. The number of halogens is 4. The SMILES string of the molecule is [2H]Cc1ncc(-c2ccn3nc(N)nc3c2)cc1C(=O)NCc1cc(OC(F)(F)F)ccc1F. The highest BCUT2D eigenvalue weighted by molar-refractivity contribution is 5.96. The van der Waals surface area contributed by atoms with E-state index in [1.807, 2.05) is 0 Å². The van der Waals surface area contributed by atoms with Crippen LogP contribution in [0.1, 0.15) is 23.0 Å². The second kappa shape index (κ2) is 8.37. The summed E-state index contributed by atoms with van der Waals surface area (Å²) >= 11 is 0. The van der Waals surface area contributed by atoms with E-state index in [1.54, 1.807) is 18.3 Å². The molecule has 0 saturated carbocycles. The van der Waals surface area contributed by atoms with E-state index in [0.717, 1.165) is 18.2 Å². The molecular formula is C21H16F4N6O2. The quantitative estimate of drug-likeness (QED) is 0.440. The number of nitrogens with zero attached hydrogens (tertiary/aromatic N) is 4. The molecule has 0 atom stereocenters. The summed E-state index contributed by atoms with van der Waals surface area (Å²) in [6.07, 6.45) is -1.82. The van der Waals surface area contributed by atoms with Crippen molar-refractivity contribution in [1.29, 1.82) is 0 Å². The number of aryl methyl sites for hydroxylation is 1. The summed E-state index contributed by atoms with van der Waals surface area (Å²) in [5.74, 6) is -2.01. The van der Waals surface area contributed by atoms with Gasteiger partial charge in [-0.1, -0.05) is 0 Å². The minimum absolute atomic E-state index is 0.0662. The smallest absolute Gasteiger partial charge is 0.406 e. The number of amides is 1. The number of nitrogens with two attached hydrogens (primary N) is 1. The Labute approximate surface area is 185 Å². The number of ether oxygens (including phenoxy) is 1. The maximum atomic E-state index is 14.1. The van der Waals surface area contributed by atoms with Gasteiger partial charge in [0.25, 0.3) is 5.91 Å². The minimum atomic E-state index is -4.94. The molecule has 0 bridgehead atoms. The number of anilines is 1. The maximum Gasteiger partial charge on any atom is 0.573 e. The topological polar surface area (TPSA) is 107 Å². The van der Waals surface area contributed by atoms with Gasteiger partial charge in [-0.15, -0.1) is 18.3 Å². The molecule has 4 rings (SSSR count). The zero-order valence-corrected chi connectivity index (χ0v) is 16.7. The third-order valence-electron chi connectivity index (χ3n) is 4.59. The van der Waals surface area contributed by atoms with Crippen molar-refractivity contribution in [2.75, 3.05) is 5.73 Å². The summed E-state index contributed by atoms with van der Waals surface area (Å²) in [5.41, 5.74) is 7.29. The van der Waals surface area contributed by atoms with Gasteiger partial charge in [-0.05, 0) is 48.9 Å². The van der Waals surface area contributed by atoms with Crippen LogP contribution in [0, 0.1) is 12.7 Å². The van der Waals surface area contributed by atoms with Gasteiger partial charge in [0, 0.05) is 31.4 Å². The molecule has 1 aromatic carbocycles. The van der Waals surface area contributed by atoms with Crippen LogP contribution in [0.25, 0.3) is 16.8 Å². The molecule has 0 unspecified atom stereocenters. The molecule has 0 spiro atoms. The molecule has 3 N–H and O–H groups in total. The van der Waals surface area contributed by atoms with Crippen LogP contribution < -0.4 is 15.8 Å². The number of benzene rings is 1.